The van der Waals surface area contributed by atoms with Gasteiger partial charge in [0, 0.05) is 18.7 Å². The summed E-state index contributed by atoms with van der Waals surface area (Å²) in [6.45, 7) is 3.43. The Morgan fingerprint density at radius 1 is 1.09 bits per heavy atom. The number of benzene rings is 2. The monoisotopic (exact) mass is 480 g/mol. The summed E-state index contributed by atoms with van der Waals surface area (Å²) < 4.78 is 10.5. The molecule has 8 heteroatoms. The molecule has 2 aromatic rings. The summed E-state index contributed by atoms with van der Waals surface area (Å²) in [5.41, 5.74) is 1.34. The van der Waals surface area contributed by atoms with Crippen molar-refractivity contribution in [1.82, 2.24) is 9.80 Å². The molecule has 1 unspecified atom stereocenters. The first-order valence-electron chi connectivity index (χ1n) is 11.6. The van der Waals surface area contributed by atoms with Crippen molar-refractivity contribution in [2.24, 2.45) is 0 Å². The summed E-state index contributed by atoms with van der Waals surface area (Å²) in [5.74, 6) is -1.61. The molecule has 3 rings (SSSR count). The fourth-order valence-electron chi connectivity index (χ4n) is 3.91. The van der Waals surface area contributed by atoms with Crippen LogP contribution in [0.25, 0.3) is 5.76 Å². The summed E-state index contributed by atoms with van der Waals surface area (Å²) in [5, 5.41) is 11.3. The lowest BCUT2D eigenvalue weighted by Crippen LogP contribution is -2.35. The SMILES string of the molecule is CCCCOc1cccc(/C(O)=C2\C(=O)C(=O)N(CCN(C)C)C2c2ccc(C(=O)OC)cc2)c1. The number of Topliss-reactive ketones (excluding diaryl/α,β-unsaturated/α-hetero) is 1. The van der Waals surface area contributed by atoms with Crippen molar-refractivity contribution >= 4 is 23.4 Å². The Bertz CT molecular complexity index is 1110. The van der Waals surface area contributed by atoms with Crippen LogP contribution in [0, 0.1) is 0 Å². The molecular weight excluding hydrogens is 448 g/mol. The lowest BCUT2D eigenvalue weighted by Gasteiger charge is -2.26. The van der Waals surface area contributed by atoms with Crippen LogP contribution in [0.4, 0.5) is 0 Å². The maximum Gasteiger partial charge on any atom is 0.337 e. The summed E-state index contributed by atoms with van der Waals surface area (Å²) in [4.78, 5) is 41.4. The first-order chi connectivity index (χ1) is 16.8. The number of likely N-dealkylation sites (tertiary alicyclic amines) is 1. The number of carbonyl (C=O) groups is 3. The average Bonchev–Trinajstić information content (AvgIpc) is 3.11. The van der Waals surface area contributed by atoms with Crippen molar-refractivity contribution < 1.29 is 29.0 Å². The number of carbonyl (C=O) groups excluding carboxylic acids is 3. The normalized spacial score (nSPS) is 17.2. The summed E-state index contributed by atoms with van der Waals surface area (Å²) in [7, 11) is 5.05. The Balaban J connectivity index is 2.06. The Labute approximate surface area is 205 Å². The number of ketones is 1. The second-order valence-electron chi connectivity index (χ2n) is 8.64. The molecule has 186 valence electrons. The van der Waals surface area contributed by atoms with Gasteiger partial charge in [-0.1, -0.05) is 37.6 Å². The van der Waals surface area contributed by atoms with Crippen molar-refractivity contribution in [3.63, 3.8) is 0 Å². The van der Waals surface area contributed by atoms with E-state index >= 15 is 0 Å². The molecule has 0 bridgehead atoms. The van der Waals surface area contributed by atoms with Crippen molar-refractivity contribution in [2.75, 3.05) is 40.9 Å². The Kier molecular flexibility index (Phi) is 8.65. The number of esters is 1. The van der Waals surface area contributed by atoms with Crippen molar-refractivity contribution in [3.8, 4) is 5.75 Å². The number of amides is 1. The molecule has 35 heavy (non-hydrogen) atoms. The van der Waals surface area contributed by atoms with Crippen LogP contribution in [-0.4, -0.2) is 73.5 Å². The number of aliphatic hydroxyl groups is 1. The molecule has 1 atom stereocenters. The van der Waals surface area contributed by atoms with Gasteiger partial charge in [-0.3, -0.25) is 9.59 Å². The maximum atomic E-state index is 13.1. The van der Waals surface area contributed by atoms with Crippen molar-refractivity contribution in [1.29, 1.82) is 0 Å². The number of rotatable bonds is 10. The third-order valence-corrected chi connectivity index (χ3v) is 5.85. The van der Waals surface area contributed by atoms with E-state index < -0.39 is 23.7 Å². The predicted molar refractivity (Wildman–Crippen MR) is 132 cm³/mol. The largest absolute Gasteiger partial charge is 0.507 e. The second kappa shape index (κ2) is 11.7. The van der Waals surface area contributed by atoms with Crippen LogP contribution >= 0.6 is 0 Å². The van der Waals surface area contributed by atoms with Crippen LogP contribution in [0.3, 0.4) is 0 Å². The van der Waals surface area contributed by atoms with E-state index in [2.05, 4.69) is 6.92 Å². The van der Waals surface area contributed by atoms with Crippen molar-refractivity contribution in [2.45, 2.75) is 25.8 Å². The zero-order chi connectivity index (χ0) is 25.5. The fraction of sp³-hybridized carbons (Fsp3) is 0.370. The molecule has 0 aliphatic carbocycles. The summed E-state index contributed by atoms with van der Waals surface area (Å²) >= 11 is 0. The van der Waals surface area contributed by atoms with E-state index in [-0.39, 0.29) is 17.9 Å². The predicted octanol–water partition coefficient (Wildman–Crippen LogP) is 3.64. The number of likely N-dealkylation sites (N-methyl/N-ethyl adjacent to an activating group) is 1. The molecule has 1 fully saturated rings. The molecule has 0 radical (unpaired) electrons. The molecule has 1 amide bonds. The zero-order valence-corrected chi connectivity index (χ0v) is 20.6. The minimum absolute atomic E-state index is 0.00489. The molecule has 1 N–H and O–H groups in total. The average molecular weight is 481 g/mol. The van der Waals surface area contributed by atoms with Gasteiger partial charge < -0.3 is 24.4 Å². The van der Waals surface area contributed by atoms with E-state index in [0.29, 0.717) is 35.6 Å². The number of nitrogens with zero attached hydrogens (tertiary/aromatic N) is 2. The number of methoxy groups -OCH3 is 1. The summed E-state index contributed by atoms with van der Waals surface area (Å²) in [6, 6.07) is 12.6. The standard InChI is InChI=1S/C27H32N2O6/c1-5-6-16-35-21-9-7-8-20(17-21)24(30)22-23(18-10-12-19(13-11-18)27(33)34-4)29(15-14-28(2)3)26(32)25(22)31/h7-13,17,23,30H,5-6,14-16H2,1-4H3/b24-22+. The lowest BCUT2D eigenvalue weighted by atomic mass is 9.94. The number of hydrogen-bond acceptors (Lipinski definition) is 7. The van der Waals surface area contributed by atoms with Gasteiger partial charge in [0.15, 0.2) is 0 Å². The van der Waals surface area contributed by atoms with Crippen LogP contribution in [0.2, 0.25) is 0 Å². The molecule has 0 spiro atoms. The highest BCUT2D eigenvalue weighted by atomic mass is 16.5. The van der Waals surface area contributed by atoms with E-state index in [1.54, 1.807) is 48.5 Å². The van der Waals surface area contributed by atoms with Gasteiger partial charge in [0.1, 0.15) is 11.5 Å². The second-order valence-corrected chi connectivity index (χ2v) is 8.64. The molecule has 1 heterocycles. The third kappa shape index (κ3) is 5.89. The number of aliphatic hydroxyl groups excluding tert-OH is 1. The molecule has 1 aliphatic rings. The van der Waals surface area contributed by atoms with Gasteiger partial charge >= 0.3 is 5.97 Å². The molecule has 0 saturated carbocycles. The lowest BCUT2D eigenvalue weighted by molar-refractivity contribution is -0.140. The third-order valence-electron chi connectivity index (χ3n) is 5.85. The zero-order valence-electron chi connectivity index (χ0n) is 20.6. The minimum Gasteiger partial charge on any atom is -0.507 e. The van der Waals surface area contributed by atoms with Crippen LogP contribution in [-0.2, 0) is 14.3 Å². The minimum atomic E-state index is -0.800. The van der Waals surface area contributed by atoms with Crippen LogP contribution < -0.4 is 4.74 Å². The number of ether oxygens (including phenoxy) is 2. The van der Waals surface area contributed by atoms with Gasteiger partial charge in [-0.2, -0.15) is 0 Å². The van der Waals surface area contributed by atoms with Gasteiger partial charge in [0.2, 0.25) is 0 Å². The van der Waals surface area contributed by atoms with Gasteiger partial charge in [-0.05, 0) is 50.3 Å². The highest BCUT2D eigenvalue weighted by molar-refractivity contribution is 6.46. The number of hydrogen-bond donors (Lipinski definition) is 1. The molecule has 8 nitrogen and oxygen atoms in total. The van der Waals surface area contributed by atoms with Crippen molar-refractivity contribution in [3.05, 3.63) is 70.8 Å². The molecule has 1 saturated heterocycles. The van der Waals surface area contributed by atoms with E-state index in [9.17, 15) is 19.5 Å². The van der Waals surface area contributed by atoms with E-state index in [4.69, 9.17) is 9.47 Å². The highest BCUT2D eigenvalue weighted by Crippen LogP contribution is 2.39. The summed E-state index contributed by atoms with van der Waals surface area (Å²) in [6.07, 6.45) is 1.89. The molecule has 0 aromatic heterocycles. The van der Waals surface area contributed by atoms with Crippen LogP contribution in [0.1, 0.15) is 47.3 Å². The molecule has 2 aromatic carbocycles. The smallest absolute Gasteiger partial charge is 0.337 e. The number of unbranched alkanes of at least 4 members (excludes halogenated alkanes) is 1. The Hall–Kier alpha value is -3.65. The van der Waals surface area contributed by atoms with Gasteiger partial charge in [-0.15, -0.1) is 0 Å². The molecular formula is C27H32N2O6. The topological polar surface area (TPSA) is 96.4 Å². The Morgan fingerprint density at radius 3 is 2.43 bits per heavy atom. The van der Waals surface area contributed by atoms with Gasteiger partial charge in [-0.25, -0.2) is 4.79 Å². The van der Waals surface area contributed by atoms with E-state index in [1.807, 2.05) is 19.0 Å². The van der Waals surface area contributed by atoms with E-state index in [1.165, 1.54) is 12.0 Å². The first-order valence-corrected chi connectivity index (χ1v) is 11.6. The first kappa shape index (κ1) is 26.0. The maximum absolute atomic E-state index is 13.1. The quantitative estimate of drug-likeness (QED) is 0.182. The van der Waals surface area contributed by atoms with Crippen LogP contribution in [0.15, 0.2) is 54.1 Å². The van der Waals surface area contributed by atoms with Gasteiger partial charge in [0.05, 0.1) is 30.9 Å². The van der Waals surface area contributed by atoms with Crippen LogP contribution in [0.5, 0.6) is 5.75 Å². The van der Waals surface area contributed by atoms with E-state index in [0.717, 1.165) is 12.8 Å². The van der Waals surface area contributed by atoms with Gasteiger partial charge in [0.25, 0.3) is 11.7 Å². The fourth-order valence-corrected chi connectivity index (χ4v) is 3.91. The highest BCUT2D eigenvalue weighted by Gasteiger charge is 2.45. The molecule has 1 aliphatic heterocycles. The Morgan fingerprint density at radius 2 is 1.80 bits per heavy atom.